The fraction of sp³-hybridized carbons (Fsp3) is 1.00. The predicted molar refractivity (Wildman–Crippen MR) is 62.6 cm³/mol. The van der Waals surface area contributed by atoms with Crippen LogP contribution in [-0.2, 0) is 9.47 Å². The molecule has 1 saturated carbocycles. The maximum absolute atomic E-state index is 6.03. The molecule has 1 aliphatic carbocycles. The molecule has 0 heterocycles. The molecule has 0 unspecified atom stereocenters. The maximum Gasteiger partial charge on any atom is 0.0700 e. The molecule has 1 rings (SSSR count). The summed E-state index contributed by atoms with van der Waals surface area (Å²) in [5.74, 6) is 0. The Labute approximate surface area is 97.5 Å². The Morgan fingerprint density at radius 2 is 1.87 bits per heavy atom. The van der Waals surface area contributed by atoms with Crippen LogP contribution in [0.1, 0.15) is 25.7 Å². The minimum absolute atomic E-state index is 0.404. The van der Waals surface area contributed by atoms with Crippen molar-refractivity contribution in [2.75, 3.05) is 33.5 Å². The van der Waals surface area contributed by atoms with Gasteiger partial charge in [-0.3, -0.25) is 0 Å². The molecule has 4 heteroatoms. The van der Waals surface area contributed by atoms with Crippen LogP contribution in [0.4, 0.5) is 0 Å². The lowest BCUT2D eigenvalue weighted by atomic mass is 9.95. The molecule has 0 aliphatic heterocycles. The Balaban J connectivity index is 1.87. The van der Waals surface area contributed by atoms with Gasteiger partial charge in [0.05, 0.1) is 19.8 Å². The van der Waals surface area contributed by atoms with E-state index >= 15 is 0 Å². The van der Waals surface area contributed by atoms with Crippen molar-refractivity contribution in [2.24, 2.45) is 0 Å². The molecule has 1 aliphatic rings. The van der Waals surface area contributed by atoms with E-state index in [0.29, 0.717) is 24.6 Å². The van der Waals surface area contributed by atoms with Gasteiger partial charge in [-0.05, 0) is 25.7 Å². The molecule has 0 amide bonds. The topological polar surface area (TPSA) is 30.5 Å². The Kier molecular flexibility index (Phi) is 7.36. The van der Waals surface area contributed by atoms with Crippen molar-refractivity contribution in [3.05, 3.63) is 0 Å². The van der Waals surface area contributed by atoms with Crippen LogP contribution in [0.5, 0.6) is 0 Å². The molecule has 0 aromatic heterocycles. The van der Waals surface area contributed by atoms with E-state index in [4.69, 9.17) is 21.1 Å². The van der Waals surface area contributed by atoms with Gasteiger partial charge in [0.25, 0.3) is 0 Å². The number of hydrogen-bond acceptors (Lipinski definition) is 3. The van der Waals surface area contributed by atoms with Crippen LogP contribution in [-0.4, -0.2) is 44.9 Å². The number of hydrogen-bond donors (Lipinski definition) is 1. The first kappa shape index (κ1) is 13.2. The van der Waals surface area contributed by atoms with Gasteiger partial charge >= 0.3 is 0 Å². The van der Waals surface area contributed by atoms with Crippen molar-refractivity contribution in [1.29, 1.82) is 0 Å². The lowest BCUT2D eigenvalue weighted by Gasteiger charge is -2.25. The van der Waals surface area contributed by atoms with E-state index in [1.807, 2.05) is 0 Å². The van der Waals surface area contributed by atoms with Crippen LogP contribution in [0.2, 0.25) is 0 Å². The van der Waals surface area contributed by atoms with E-state index in [-0.39, 0.29) is 0 Å². The first-order valence-electron chi connectivity index (χ1n) is 5.77. The van der Waals surface area contributed by atoms with Crippen molar-refractivity contribution >= 4 is 11.6 Å². The summed E-state index contributed by atoms with van der Waals surface area (Å²) in [7, 11) is 1.69. The molecule has 0 spiro atoms. The zero-order valence-electron chi connectivity index (χ0n) is 9.51. The van der Waals surface area contributed by atoms with Crippen molar-refractivity contribution < 1.29 is 9.47 Å². The first-order chi connectivity index (χ1) is 7.33. The summed E-state index contributed by atoms with van der Waals surface area (Å²) in [6.07, 6.45) is 4.69. The van der Waals surface area contributed by atoms with Gasteiger partial charge in [0, 0.05) is 25.1 Å². The average Bonchev–Trinajstić information content (AvgIpc) is 2.26. The SMILES string of the molecule is COCCOCCNC1CCC(Cl)CC1. The van der Waals surface area contributed by atoms with Crippen LogP contribution in [0.15, 0.2) is 0 Å². The Bertz CT molecular complexity index is 150. The third-order valence-electron chi connectivity index (χ3n) is 2.77. The van der Waals surface area contributed by atoms with Gasteiger partial charge in [-0.2, -0.15) is 0 Å². The van der Waals surface area contributed by atoms with E-state index in [2.05, 4.69) is 5.32 Å². The molecule has 0 radical (unpaired) electrons. The van der Waals surface area contributed by atoms with E-state index in [1.165, 1.54) is 12.8 Å². The van der Waals surface area contributed by atoms with Crippen LogP contribution in [0.25, 0.3) is 0 Å². The molecule has 0 aromatic carbocycles. The van der Waals surface area contributed by atoms with E-state index in [9.17, 15) is 0 Å². The second kappa shape index (κ2) is 8.34. The smallest absolute Gasteiger partial charge is 0.0700 e. The van der Waals surface area contributed by atoms with Crippen LogP contribution >= 0.6 is 11.6 Å². The molecule has 1 fully saturated rings. The zero-order chi connectivity index (χ0) is 10.9. The molecule has 0 saturated heterocycles. The van der Waals surface area contributed by atoms with Crippen LogP contribution < -0.4 is 5.32 Å². The highest BCUT2D eigenvalue weighted by Crippen LogP contribution is 2.22. The number of halogens is 1. The van der Waals surface area contributed by atoms with Gasteiger partial charge in [-0.15, -0.1) is 11.6 Å². The summed E-state index contributed by atoms with van der Waals surface area (Å²) in [6.45, 7) is 3.06. The number of rotatable bonds is 7. The minimum Gasteiger partial charge on any atom is -0.382 e. The highest BCUT2D eigenvalue weighted by molar-refractivity contribution is 6.20. The van der Waals surface area contributed by atoms with Crippen molar-refractivity contribution in [3.63, 3.8) is 0 Å². The molecule has 15 heavy (non-hydrogen) atoms. The fourth-order valence-corrected chi connectivity index (χ4v) is 2.09. The van der Waals surface area contributed by atoms with Gasteiger partial charge < -0.3 is 14.8 Å². The number of ether oxygens (including phenoxy) is 2. The molecule has 0 bridgehead atoms. The summed E-state index contributed by atoms with van der Waals surface area (Å²) >= 11 is 6.03. The predicted octanol–water partition coefficient (Wildman–Crippen LogP) is 1.79. The van der Waals surface area contributed by atoms with Gasteiger partial charge in [-0.25, -0.2) is 0 Å². The second-order valence-electron chi connectivity index (χ2n) is 4.01. The molecular formula is C11H22ClNO2. The molecular weight excluding hydrogens is 214 g/mol. The minimum atomic E-state index is 0.404. The highest BCUT2D eigenvalue weighted by atomic mass is 35.5. The van der Waals surface area contributed by atoms with Crippen molar-refractivity contribution in [3.8, 4) is 0 Å². The number of nitrogens with one attached hydrogen (secondary N) is 1. The standard InChI is InChI=1S/C11H22ClNO2/c1-14-8-9-15-7-6-13-11-4-2-10(12)3-5-11/h10-11,13H,2-9H2,1H3. The summed E-state index contributed by atoms with van der Waals surface area (Å²) in [4.78, 5) is 0. The molecule has 3 nitrogen and oxygen atoms in total. The normalized spacial score (nSPS) is 26.8. The van der Waals surface area contributed by atoms with Gasteiger partial charge in [0.15, 0.2) is 0 Å². The molecule has 0 atom stereocenters. The van der Waals surface area contributed by atoms with Crippen LogP contribution in [0.3, 0.4) is 0 Å². The highest BCUT2D eigenvalue weighted by Gasteiger charge is 2.18. The lowest BCUT2D eigenvalue weighted by molar-refractivity contribution is 0.0705. The quantitative estimate of drug-likeness (QED) is 0.539. The molecule has 90 valence electrons. The van der Waals surface area contributed by atoms with Gasteiger partial charge in [0.1, 0.15) is 0 Å². The van der Waals surface area contributed by atoms with Crippen molar-refractivity contribution in [2.45, 2.75) is 37.1 Å². The lowest BCUT2D eigenvalue weighted by Crippen LogP contribution is -2.35. The summed E-state index contributed by atoms with van der Waals surface area (Å²) in [5.41, 5.74) is 0. The average molecular weight is 236 g/mol. The summed E-state index contributed by atoms with van der Waals surface area (Å²) in [5, 5.41) is 3.90. The zero-order valence-corrected chi connectivity index (χ0v) is 10.3. The van der Waals surface area contributed by atoms with Crippen molar-refractivity contribution in [1.82, 2.24) is 5.32 Å². The largest absolute Gasteiger partial charge is 0.382 e. The maximum atomic E-state index is 6.03. The molecule has 1 N–H and O–H groups in total. The summed E-state index contributed by atoms with van der Waals surface area (Å²) < 4.78 is 10.3. The fourth-order valence-electron chi connectivity index (χ4n) is 1.84. The van der Waals surface area contributed by atoms with E-state index in [0.717, 1.165) is 26.0 Å². The van der Waals surface area contributed by atoms with Crippen LogP contribution in [0, 0.1) is 0 Å². The molecule has 0 aromatic rings. The van der Waals surface area contributed by atoms with E-state index < -0.39 is 0 Å². The number of alkyl halides is 1. The second-order valence-corrected chi connectivity index (χ2v) is 4.63. The van der Waals surface area contributed by atoms with E-state index in [1.54, 1.807) is 7.11 Å². The summed E-state index contributed by atoms with van der Waals surface area (Å²) in [6, 6.07) is 0.644. The van der Waals surface area contributed by atoms with Gasteiger partial charge in [0.2, 0.25) is 0 Å². The third-order valence-corrected chi connectivity index (χ3v) is 3.20. The van der Waals surface area contributed by atoms with Gasteiger partial charge in [-0.1, -0.05) is 0 Å². The first-order valence-corrected chi connectivity index (χ1v) is 6.20. The number of methoxy groups -OCH3 is 1. The Morgan fingerprint density at radius 3 is 2.53 bits per heavy atom. The Morgan fingerprint density at radius 1 is 1.13 bits per heavy atom. The Hall–Kier alpha value is 0.170. The third kappa shape index (κ3) is 6.36. The monoisotopic (exact) mass is 235 g/mol.